The van der Waals surface area contributed by atoms with Crippen molar-refractivity contribution in [1.82, 2.24) is 24.9 Å². The molecule has 0 aromatic carbocycles. The molecule has 1 amide bonds. The standard InChI is InChI=1S/C17H18N6O4/c1-7-11(9(3)24)8(2)22-12(7)17(26)27-10(4)16(25)23-15-13-14(19-5-18-13)20-6-21-15/h5-6,10,22H,1-4H3,(H2,18,19,20,21,23,25). The Labute approximate surface area is 153 Å². The fourth-order valence-electron chi connectivity index (χ4n) is 2.83. The van der Waals surface area contributed by atoms with Gasteiger partial charge < -0.3 is 20.0 Å². The molecule has 0 saturated heterocycles. The minimum absolute atomic E-state index is 0.148. The van der Waals surface area contributed by atoms with Gasteiger partial charge in [-0.05, 0) is 33.3 Å². The molecule has 3 heterocycles. The molecule has 3 rings (SSSR count). The quantitative estimate of drug-likeness (QED) is 0.458. The van der Waals surface area contributed by atoms with E-state index in [0.717, 1.165) is 0 Å². The number of imidazole rings is 1. The van der Waals surface area contributed by atoms with Crippen LogP contribution in [0.5, 0.6) is 0 Å². The minimum Gasteiger partial charge on any atom is -0.448 e. The Balaban J connectivity index is 1.73. The van der Waals surface area contributed by atoms with Gasteiger partial charge in [-0.3, -0.25) is 9.59 Å². The summed E-state index contributed by atoms with van der Waals surface area (Å²) in [7, 11) is 0. The molecule has 0 bridgehead atoms. The summed E-state index contributed by atoms with van der Waals surface area (Å²) >= 11 is 0. The lowest BCUT2D eigenvalue weighted by molar-refractivity contribution is -0.123. The number of nitrogens with zero attached hydrogens (tertiary/aromatic N) is 3. The SMILES string of the molecule is CC(=O)c1c(C)[nH]c(C(=O)OC(C)C(=O)Nc2ncnc3nc[nH]c23)c1C. The van der Waals surface area contributed by atoms with Crippen LogP contribution in [-0.4, -0.2) is 48.7 Å². The maximum absolute atomic E-state index is 12.4. The molecule has 0 radical (unpaired) electrons. The van der Waals surface area contributed by atoms with Gasteiger partial charge in [-0.15, -0.1) is 0 Å². The average Bonchev–Trinajstić information content (AvgIpc) is 3.19. The second-order valence-electron chi connectivity index (χ2n) is 6.04. The maximum Gasteiger partial charge on any atom is 0.355 e. The van der Waals surface area contributed by atoms with E-state index >= 15 is 0 Å². The van der Waals surface area contributed by atoms with Gasteiger partial charge >= 0.3 is 5.97 Å². The van der Waals surface area contributed by atoms with Gasteiger partial charge in [0.05, 0.1) is 6.33 Å². The van der Waals surface area contributed by atoms with Crippen LogP contribution in [0.3, 0.4) is 0 Å². The van der Waals surface area contributed by atoms with E-state index in [9.17, 15) is 14.4 Å². The Kier molecular flexibility index (Phi) is 4.72. The third-order valence-corrected chi connectivity index (χ3v) is 4.11. The zero-order valence-electron chi connectivity index (χ0n) is 15.2. The summed E-state index contributed by atoms with van der Waals surface area (Å²) in [6, 6.07) is 0. The van der Waals surface area contributed by atoms with Crippen LogP contribution in [0, 0.1) is 13.8 Å². The van der Waals surface area contributed by atoms with Crippen molar-refractivity contribution in [3.8, 4) is 0 Å². The Morgan fingerprint density at radius 3 is 2.59 bits per heavy atom. The summed E-state index contributed by atoms with van der Waals surface area (Å²) in [6.45, 7) is 6.21. The normalized spacial score (nSPS) is 12.0. The van der Waals surface area contributed by atoms with E-state index in [1.807, 2.05) is 0 Å². The molecule has 0 aliphatic heterocycles. The zero-order valence-corrected chi connectivity index (χ0v) is 15.2. The summed E-state index contributed by atoms with van der Waals surface area (Å²) in [5.41, 5.74) is 2.53. The highest BCUT2D eigenvalue weighted by molar-refractivity contribution is 6.03. The monoisotopic (exact) mass is 370 g/mol. The smallest absolute Gasteiger partial charge is 0.355 e. The van der Waals surface area contributed by atoms with Crippen LogP contribution in [0.15, 0.2) is 12.7 Å². The number of aromatic amines is 2. The largest absolute Gasteiger partial charge is 0.448 e. The van der Waals surface area contributed by atoms with E-state index in [1.165, 1.54) is 26.5 Å². The van der Waals surface area contributed by atoms with Crippen LogP contribution in [0.4, 0.5) is 5.82 Å². The van der Waals surface area contributed by atoms with Crippen LogP contribution in [0.2, 0.25) is 0 Å². The Morgan fingerprint density at radius 2 is 1.93 bits per heavy atom. The molecule has 0 aliphatic carbocycles. The number of Topliss-reactive ketones (excluding diaryl/α,β-unsaturated/α-hetero) is 1. The molecule has 0 fully saturated rings. The molecule has 1 atom stereocenters. The van der Waals surface area contributed by atoms with Crippen molar-refractivity contribution in [3.05, 3.63) is 35.2 Å². The third-order valence-electron chi connectivity index (χ3n) is 4.11. The van der Waals surface area contributed by atoms with Gasteiger partial charge in [-0.2, -0.15) is 0 Å². The fourth-order valence-corrected chi connectivity index (χ4v) is 2.83. The molecule has 0 saturated carbocycles. The topological polar surface area (TPSA) is 143 Å². The highest BCUT2D eigenvalue weighted by Gasteiger charge is 2.25. The van der Waals surface area contributed by atoms with E-state index in [2.05, 4.69) is 30.2 Å². The predicted molar refractivity (Wildman–Crippen MR) is 95.5 cm³/mol. The first kappa shape index (κ1) is 18.2. The lowest BCUT2D eigenvalue weighted by Gasteiger charge is -2.13. The molecule has 0 aliphatic rings. The van der Waals surface area contributed by atoms with E-state index < -0.39 is 18.0 Å². The fraction of sp³-hybridized carbons (Fsp3) is 0.294. The molecule has 140 valence electrons. The van der Waals surface area contributed by atoms with Gasteiger partial charge in [0, 0.05) is 11.3 Å². The van der Waals surface area contributed by atoms with Crippen molar-refractivity contribution in [3.63, 3.8) is 0 Å². The number of hydrogen-bond acceptors (Lipinski definition) is 7. The lowest BCUT2D eigenvalue weighted by atomic mass is 10.1. The van der Waals surface area contributed by atoms with Crippen molar-refractivity contribution in [2.24, 2.45) is 0 Å². The summed E-state index contributed by atoms with van der Waals surface area (Å²) in [5.74, 6) is -1.21. The molecule has 0 spiro atoms. The molecule has 10 nitrogen and oxygen atoms in total. The summed E-state index contributed by atoms with van der Waals surface area (Å²) in [5, 5.41) is 2.57. The molecule has 3 aromatic rings. The predicted octanol–water partition coefficient (Wildman–Crippen LogP) is 1.68. The van der Waals surface area contributed by atoms with Gasteiger partial charge in [0.15, 0.2) is 23.4 Å². The second kappa shape index (κ2) is 6.98. The van der Waals surface area contributed by atoms with Crippen molar-refractivity contribution < 1.29 is 19.1 Å². The van der Waals surface area contributed by atoms with Crippen LogP contribution in [0.25, 0.3) is 11.2 Å². The van der Waals surface area contributed by atoms with Crippen molar-refractivity contribution in [2.75, 3.05) is 5.32 Å². The number of amides is 1. The number of esters is 1. The minimum atomic E-state index is -1.09. The number of carbonyl (C=O) groups is 3. The number of aryl methyl sites for hydroxylation is 1. The zero-order chi connectivity index (χ0) is 19.7. The molecule has 3 aromatic heterocycles. The van der Waals surface area contributed by atoms with E-state index in [4.69, 9.17) is 4.74 Å². The molecule has 1 unspecified atom stereocenters. The van der Waals surface area contributed by atoms with Gasteiger partial charge in [0.2, 0.25) is 0 Å². The average molecular weight is 370 g/mol. The summed E-state index contributed by atoms with van der Waals surface area (Å²) in [6.07, 6.45) is 1.61. The number of carbonyl (C=O) groups excluding carboxylic acids is 3. The van der Waals surface area contributed by atoms with Crippen LogP contribution < -0.4 is 5.32 Å². The number of nitrogens with one attached hydrogen (secondary N) is 3. The summed E-state index contributed by atoms with van der Waals surface area (Å²) < 4.78 is 5.23. The molecule has 10 heteroatoms. The summed E-state index contributed by atoms with van der Waals surface area (Å²) in [4.78, 5) is 54.1. The van der Waals surface area contributed by atoms with Crippen molar-refractivity contribution in [2.45, 2.75) is 33.8 Å². The highest BCUT2D eigenvalue weighted by Crippen LogP contribution is 2.20. The molecule has 3 N–H and O–H groups in total. The van der Waals surface area contributed by atoms with Crippen molar-refractivity contribution in [1.29, 1.82) is 0 Å². The number of H-pyrrole nitrogens is 2. The molecular formula is C17H18N6O4. The van der Waals surface area contributed by atoms with E-state index in [0.29, 0.717) is 28.0 Å². The number of rotatable bonds is 5. The van der Waals surface area contributed by atoms with Gasteiger partial charge in [0.25, 0.3) is 5.91 Å². The number of anilines is 1. The number of fused-ring (bicyclic) bond motifs is 1. The van der Waals surface area contributed by atoms with Crippen molar-refractivity contribution >= 4 is 34.6 Å². The van der Waals surface area contributed by atoms with Crippen LogP contribution >= 0.6 is 0 Å². The first-order chi connectivity index (χ1) is 12.8. The van der Waals surface area contributed by atoms with Gasteiger partial charge in [0.1, 0.15) is 17.5 Å². The Hall–Kier alpha value is -3.56. The third kappa shape index (κ3) is 3.41. The second-order valence-corrected chi connectivity index (χ2v) is 6.04. The van der Waals surface area contributed by atoms with Crippen LogP contribution in [0.1, 0.15) is 46.0 Å². The van der Waals surface area contributed by atoms with E-state index in [1.54, 1.807) is 13.8 Å². The van der Waals surface area contributed by atoms with Gasteiger partial charge in [-0.25, -0.2) is 19.7 Å². The van der Waals surface area contributed by atoms with Gasteiger partial charge in [-0.1, -0.05) is 0 Å². The number of hydrogen-bond donors (Lipinski definition) is 3. The number of aromatic nitrogens is 5. The number of ketones is 1. The van der Waals surface area contributed by atoms with Crippen LogP contribution in [-0.2, 0) is 9.53 Å². The molecular weight excluding hydrogens is 352 g/mol. The molecule has 27 heavy (non-hydrogen) atoms. The maximum atomic E-state index is 12.4. The Morgan fingerprint density at radius 1 is 1.19 bits per heavy atom. The highest BCUT2D eigenvalue weighted by atomic mass is 16.5. The first-order valence-electron chi connectivity index (χ1n) is 8.15. The first-order valence-corrected chi connectivity index (χ1v) is 8.15. The Bertz CT molecular complexity index is 1050. The van der Waals surface area contributed by atoms with E-state index in [-0.39, 0.29) is 17.3 Å². The number of ether oxygens (including phenoxy) is 1. The lowest BCUT2D eigenvalue weighted by Crippen LogP contribution is -2.30.